The van der Waals surface area contributed by atoms with Crippen LogP contribution in [0.1, 0.15) is 0 Å². The topological polar surface area (TPSA) is 16.4 Å². The Labute approximate surface area is 325 Å². The Morgan fingerprint density at radius 3 is 1.68 bits per heavy atom. The summed E-state index contributed by atoms with van der Waals surface area (Å²) in [5, 5.41) is 9.79. The minimum absolute atomic E-state index is 0.916. The molecule has 2 heteroatoms. The molecule has 0 fully saturated rings. The van der Waals surface area contributed by atoms with E-state index in [1.165, 1.54) is 65.5 Å². The van der Waals surface area contributed by atoms with Gasteiger partial charge in [0.05, 0.1) is 0 Å². The summed E-state index contributed by atoms with van der Waals surface area (Å²) in [4.78, 5) is 2.36. The lowest BCUT2D eigenvalue weighted by atomic mass is 9.93. The Bertz CT molecular complexity index is 3230. The molecule has 0 bridgehead atoms. The normalized spacial score (nSPS) is 11.6. The highest BCUT2D eigenvalue weighted by Crippen LogP contribution is 2.41. The second-order valence-electron chi connectivity index (χ2n) is 14.5. The van der Waals surface area contributed by atoms with E-state index in [9.17, 15) is 0 Å². The van der Waals surface area contributed by atoms with Crippen LogP contribution in [0.4, 0.5) is 17.1 Å². The molecule has 0 N–H and O–H groups in total. The van der Waals surface area contributed by atoms with Gasteiger partial charge in [0.2, 0.25) is 0 Å². The highest BCUT2D eigenvalue weighted by Gasteiger charge is 2.16. The molecule has 1 heterocycles. The third-order valence-corrected chi connectivity index (χ3v) is 11.2. The quantitative estimate of drug-likeness (QED) is 0.160. The molecule has 0 saturated heterocycles. The third-order valence-electron chi connectivity index (χ3n) is 11.2. The Kier molecular flexibility index (Phi) is 7.53. The molecule has 0 saturated carbocycles. The highest BCUT2D eigenvalue weighted by molar-refractivity contribution is 6.19. The van der Waals surface area contributed by atoms with Gasteiger partial charge in [-0.05, 0) is 126 Å². The van der Waals surface area contributed by atoms with Crippen LogP contribution in [0.2, 0.25) is 0 Å². The van der Waals surface area contributed by atoms with E-state index in [-0.39, 0.29) is 0 Å². The van der Waals surface area contributed by atoms with Crippen LogP contribution in [0, 0.1) is 0 Å². The van der Waals surface area contributed by atoms with E-state index < -0.39 is 0 Å². The molecule has 11 rings (SSSR count). The number of fused-ring (bicyclic) bond motifs is 8. The van der Waals surface area contributed by atoms with Crippen molar-refractivity contribution < 1.29 is 4.42 Å². The lowest BCUT2D eigenvalue weighted by Gasteiger charge is -2.26. The predicted molar refractivity (Wildman–Crippen MR) is 237 cm³/mol. The van der Waals surface area contributed by atoms with Gasteiger partial charge in [0, 0.05) is 27.8 Å². The Balaban J connectivity index is 1.01. The number of hydrogen-bond acceptors (Lipinski definition) is 2. The lowest BCUT2D eigenvalue weighted by Crippen LogP contribution is -2.10. The third kappa shape index (κ3) is 5.42. The first-order valence-corrected chi connectivity index (χ1v) is 19.2. The fourth-order valence-corrected chi connectivity index (χ4v) is 8.51. The first-order chi connectivity index (χ1) is 27.7. The molecular weight excluding hydrogens is 679 g/mol. The van der Waals surface area contributed by atoms with E-state index in [1.807, 2.05) is 12.1 Å². The molecule has 0 aliphatic rings. The van der Waals surface area contributed by atoms with Gasteiger partial charge in [-0.15, -0.1) is 0 Å². The molecule has 0 amide bonds. The Morgan fingerprint density at radius 1 is 0.286 bits per heavy atom. The molecule has 10 aromatic carbocycles. The summed E-state index contributed by atoms with van der Waals surface area (Å²) >= 11 is 0. The van der Waals surface area contributed by atoms with Gasteiger partial charge in [-0.2, -0.15) is 0 Å². The molecule has 0 atom stereocenters. The summed E-state index contributed by atoms with van der Waals surface area (Å²) < 4.78 is 6.23. The number of benzene rings is 10. The highest BCUT2D eigenvalue weighted by atomic mass is 16.3. The fourth-order valence-electron chi connectivity index (χ4n) is 8.51. The summed E-state index contributed by atoms with van der Waals surface area (Å²) in [6, 6.07) is 76.5. The number of nitrogens with zero attached hydrogens (tertiary/aromatic N) is 1. The van der Waals surface area contributed by atoms with Gasteiger partial charge in [0.25, 0.3) is 0 Å². The van der Waals surface area contributed by atoms with Gasteiger partial charge in [-0.3, -0.25) is 0 Å². The van der Waals surface area contributed by atoms with Gasteiger partial charge in [0.1, 0.15) is 11.2 Å². The molecule has 0 unspecified atom stereocenters. The number of anilines is 3. The molecule has 0 aliphatic heterocycles. The summed E-state index contributed by atoms with van der Waals surface area (Å²) in [5.74, 6) is 0. The summed E-state index contributed by atoms with van der Waals surface area (Å²) in [5.41, 5.74) is 12.3. The second kappa shape index (κ2) is 13.2. The summed E-state index contributed by atoms with van der Waals surface area (Å²) in [6.45, 7) is 0. The maximum Gasteiger partial charge on any atom is 0.136 e. The van der Waals surface area contributed by atoms with Crippen LogP contribution >= 0.6 is 0 Å². The zero-order valence-electron chi connectivity index (χ0n) is 30.6. The van der Waals surface area contributed by atoms with Crippen LogP contribution in [-0.4, -0.2) is 0 Å². The average molecular weight is 714 g/mol. The van der Waals surface area contributed by atoms with Crippen molar-refractivity contribution in [1.82, 2.24) is 0 Å². The average Bonchev–Trinajstić information content (AvgIpc) is 3.66. The molecule has 1 aromatic heterocycles. The maximum absolute atomic E-state index is 6.23. The smallest absolute Gasteiger partial charge is 0.136 e. The Hall–Kier alpha value is -7.42. The SMILES string of the molecule is c1ccc(-c2cccc(N(c3ccc(-c4ccc5ccc6oc7ccccc7c6c5c4)cc3)c3ccc(-c4cc5ccccc5c5ccccc45)cc3)c2)cc1. The van der Waals surface area contributed by atoms with E-state index >= 15 is 0 Å². The first-order valence-electron chi connectivity index (χ1n) is 19.2. The number of para-hydroxylation sites is 1. The fraction of sp³-hybridized carbons (Fsp3) is 0. The van der Waals surface area contributed by atoms with E-state index in [1.54, 1.807) is 0 Å². The van der Waals surface area contributed by atoms with Crippen molar-refractivity contribution in [3.63, 3.8) is 0 Å². The molecule has 0 aliphatic carbocycles. The lowest BCUT2D eigenvalue weighted by molar-refractivity contribution is 0.669. The van der Waals surface area contributed by atoms with Crippen LogP contribution < -0.4 is 4.90 Å². The van der Waals surface area contributed by atoms with Crippen molar-refractivity contribution in [3.8, 4) is 33.4 Å². The van der Waals surface area contributed by atoms with Gasteiger partial charge in [-0.25, -0.2) is 0 Å². The minimum atomic E-state index is 0.916. The van der Waals surface area contributed by atoms with Gasteiger partial charge >= 0.3 is 0 Å². The van der Waals surface area contributed by atoms with Crippen molar-refractivity contribution in [2.24, 2.45) is 0 Å². The van der Waals surface area contributed by atoms with Crippen molar-refractivity contribution >= 4 is 71.3 Å². The number of furan rings is 1. The molecule has 11 aromatic rings. The van der Waals surface area contributed by atoms with Crippen molar-refractivity contribution in [2.45, 2.75) is 0 Å². The summed E-state index contributed by atoms with van der Waals surface area (Å²) in [7, 11) is 0. The molecule has 0 radical (unpaired) electrons. The molecule has 262 valence electrons. The first kappa shape index (κ1) is 32.0. The monoisotopic (exact) mass is 713 g/mol. The van der Waals surface area contributed by atoms with Gasteiger partial charge < -0.3 is 9.32 Å². The predicted octanol–water partition coefficient (Wildman–Crippen LogP) is 15.5. The largest absolute Gasteiger partial charge is 0.456 e. The summed E-state index contributed by atoms with van der Waals surface area (Å²) in [6.07, 6.45) is 0. The molecule has 0 spiro atoms. The van der Waals surface area contributed by atoms with Crippen LogP contribution in [0.5, 0.6) is 0 Å². The van der Waals surface area contributed by atoms with Gasteiger partial charge in [-0.1, -0.05) is 152 Å². The van der Waals surface area contributed by atoms with Crippen molar-refractivity contribution in [2.75, 3.05) is 4.90 Å². The zero-order chi connectivity index (χ0) is 37.0. The standard InChI is InChI=1S/C54H35NO/c1-2-11-36(12-3-1)40-14-10-15-45(33-40)55(44-30-25-38(26-31-44)50-35-42-13-4-5-16-46(42)47-17-6-7-18-48(47)50)43-28-23-37(24-29-43)41-22-21-39-27-32-53-54(51(39)34-41)49-19-8-9-20-52(49)56-53/h1-35H. The van der Waals surface area contributed by atoms with Crippen LogP contribution in [-0.2, 0) is 0 Å². The van der Waals surface area contributed by atoms with Crippen molar-refractivity contribution in [1.29, 1.82) is 0 Å². The maximum atomic E-state index is 6.23. The number of rotatable bonds is 6. The van der Waals surface area contributed by atoms with Crippen LogP contribution in [0.15, 0.2) is 217 Å². The van der Waals surface area contributed by atoms with Crippen molar-refractivity contribution in [3.05, 3.63) is 212 Å². The van der Waals surface area contributed by atoms with E-state index in [2.05, 4.69) is 205 Å². The molecular formula is C54H35NO. The van der Waals surface area contributed by atoms with Gasteiger partial charge in [0.15, 0.2) is 0 Å². The van der Waals surface area contributed by atoms with E-state index in [4.69, 9.17) is 4.42 Å². The zero-order valence-corrected chi connectivity index (χ0v) is 30.6. The number of hydrogen-bond donors (Lipinski definition) is 0. The van der Waals surface area contributed by atoms with Crippen LogP contribution in [0.25, 0.3) is 87.6 Å². The minimum Gasteiger partial charge on any atom is -0.456 e. The molecule has 56 heavy (non-hydrogen) atoms. The van der Waals surface area contributed by atoms with E-state index in [0.717, 1.165) is 39.2 Å². The Morgan fingerprint density at radius 2 is 0.875 bits per heavy atom. The van der Waals surface area contributed by atoms with Crippen LogP contribution in [0.3, 0.4) is 0 Å². The molecule has 2 nitrogen and oxygen atoms in total. The second-order valence-corrected chi connectivity index (χ2v) is 14.5. The van der Waals surface area contributed by atoms with E-state index in [0.29, 0.717) is 0 Å².